The monoisotopic (exact) mass is 336 g/mol. The second-order valence-electron chi connectivity index (χ2n) is 6.24. The minimum atomic E-state index is 0.0557. The number of hydrogen-bond donors (Lipinski definition) is 1. The van der Waals surface area contributed by atoms with Crippen molar-refractivity contribution in [2.24, 2.45) is 0 Å². The minimum Gasteiger partial charge on any atom is -0.496 e. The molecular formula is C20H20N2O3. The van der Waals surface area contributed by atoms with Crippen LogP contribution in [0.15, 0.2) is 42.6 Å². The fourth-order valence-electron chi connectivity index (χ4n) is 3.37. The van der Waals surface area contributed by atoms with Gasteiger partial charge in [0.05, 0.1) is 25.8 Å². The molecule has 1 amide bonds. The lowest BCUT2D eigenvalue weighted by Crippen LogP contribution is -2.38. The van der Waals surface area contributed by atoms with Crippen molar-refractivity contribution in [3.63, 3.8) is 0 Å². The van der Waals surface area contributed by atoms with Gasteiger partial charge in [0.2, 0.25) is 5.91 Å². The van der Waals surface area contributed by atoms with Crippen molar-refractivity contribution in [3.05, 3.63) is 53.7 Å². The lowest BCUT2D eigenvalue weighted by atomic mass is 10.1. The Bertz CT molecular complexity index is 945. The summed E-state index contributed by atoms with van der Waals surface area (Å²) in [6.07, 6.45) is 2.20. The number of amides is 1. The van der Waals surface area contributed by atoms with E-state index in [1.807, 2.05) is 54.4 Å². The van der Waals surface area contributed by atoms with E-state index in [1.54, 1.807) is 7.11 Å². The van der Waals surface area contributed by atoms with Gasteiger partial charge in [0.1, 0.15) is 18.1 Å². The highest BCUT2D eigenvalue weighted by molar-refractivity contribution is 6.00. The summed E-state index contributed by atoms with van der Waals surface area (Å²) in [5, 5.41) is 0.968. The molecule has 0 aliphatic carbocycles. The maximum Gasteiger partial charge on any atom is 0.231 e. The number of aromatic amines is 1. The van der Waals surface area contributed by atoms with Crippen LogP contribution in [0.4, 0.5) is 5.69 Å². The Kier molecular flexibility index (Phi) is 3.84. The molecule has 1 aromatic heterocycles. The summed E-state index contributed by atoms with van der Waals surface area (Å²) in [4.78, 5) is 18.0. The van der Waals surface area contributed by atoms with Crippen LogP contribution < -0.4 is 14.4 Å². The standard InChI is InChI=1S/C20H20N2O3/c1-13-6-7-16-18(10-13)25-9-8-22(16)19(23)11-14-12-21-15-4-3-5-17(24-2)20(14)15/h3-7,10,12,21H,8-9,11H2,1-2H3. The van der Waals surface area contributed by atoms with Crippen LogP contribution in [0.25, 0.3) is 10.9 Å². The Morgan fingerprint density at radius 1 is 1.32 bits per heavy atom. The van der Waals surface area contributed by atoms with Crippen LogP contribution in [-0.2, 0) is 11.2 Å². The summed E-state index contributed by atoms with van der Waals surface area (Å²) in [7, 11) is 1.65. The van der Waals surface area contributed by atoms with Gasteiger partial charge in [0.25, 0.3) is 0 Å². The highest BCUT2D eigenvalue weighted by Gasteiger charge is 2.24. The number of benzene rings is 2. The van der Waals surface area contributed by atoms with E-state index in [1.165, 1.54) is 0 Å². The largest absolute Gasteiger partial charge is 0.496 e. The predicted molar refractivity (Wildman–Crippen MR) is 97.6 cm³/mol. The SMILES string of the molecule is COc1cccc2[nH]cc(CC(=O)N3CCOc4cc(C)ccc43)c12. The number of anilines is 1. The molecule has 4 rings (SSSR count). The van der Waals surface area contributed by atoms with Gasteiger partial charge in [-0.3, -0.25) is 4.79 Å². The summed E-state index contributed by atoms with van der Waals surface area (Å²) < 4.78 is 11.2. The van der Waals surface area contributed by atoms with Crippen molar-refractivity contribution in [2.45, 2.75) is 13.3 Å². The average Bonchev–Trinajstić information content (AvgIpc) is 3.04. The molecule has 0 saturated carbocycles. The molecule has 0 radical (unpaired) electrons. The Balaban J connectivity index is 1.66. The van der Waals surface area contributed by atoms with Gasteiger partial charge in [-0.15, -0.1) is 0 Å². The van der Waals surface area contributed by atoms with Gasteiger partial charge in [-0.05, 0) is 42.3 Å². The summed E-state index contributed by atoms with van der Waals surface area (Å²) in [6.45, 7) is 3.09. The molecule has 1 aliphatic rings. The van der Waals surface area contributed by atoms with Gasteiger partial charge in [-0.2, -0.15) is 0 Å². The Morgan fingerprint density at radius 3 is 3.04 bits per heavy atom. The number of aromatic nitrogens is 1. The van der Waals surface area contributed by atoms with Gasteiger partial charge >= 0.3 is 0 Å². The van der Waals surface area contributed by atoms with E-state index in [4.69, 9.17) is 9.47 Å². The van der Waals surface area contributed by atoms with Crippen molar-refractivity contribution in [1.29, 1.82) is 0 Å². The maximum atomic E-state index is 13.0. The van der Waals surface area contributed by atoms with Crippen LogP contribution >= 0.6 is 0 Å². The maximum absolute atomic E-state index is 13.0. The number of carbonyl (C=O) groups excluding carboxylic acids is 1. The smallest absolute Gasteiger partial charge is 0.231 e. The van der Waals surface area contributed by atoms with E-state index in [0.29, 0.717) is 19.6 Å². The Morgan fingerprint density at radius 2 is 2.20 bits per heavy atom. The summed E-state index contributed by atoms with van der Waals surface area (Å²) in [5.74, 6) is 1.61. The number of nitrogens with zero attached hydrogens (tertiary/aromatic N) is 1. The molecule has 0 fully saturated rings. The first-order valence-electron chi connectivity index (χ1n) is 8.34. The molecule has 0 unspecified atom stereocenters. The topological polar surface area (TPSA) is 54.6 Å². The zero-order valence-corrected chi connectivity index (χ0v) is 14.3. The number of methoxy groups -OCH3 is 1. The number of H-pyrrole nitrogens is 1. The molecule has 3 aromatic rings. The average molecular weight is 336 g/mol. The van der Waals surface area contributed by atoms with Gasteiger partial charge in [-0.1, -0.05) is 12.1 Å². The second kappa shape index (κ2) is 6.16. The quantitative estimate of drug-likeness (QED) is 0.797. The first-order valence-corrected chi connectivity index (χ1v) is 8.34. The molecule has 128 valence electrons. The van der Waals surface area contributed by atoms with E-state index in [-0.39, 0.29) is 5.91 Å². The Labute approximate surface area is 146 Å². The molecule has 0 saturated heterocycles. The number of nitrogens with one attached hydrogen (secondary N) is 1. The lowest BCUT2D eigenvalue weighted by Gasteiger charge is -2.29. The number of fused-ring (bicyclic) bond motifs is 2. The molecule has 5 heteroatoms. The first-order chi connectivity index (χ1) is 12.2. The van der Waals surface area contributed by atoms with E-state index < -0.39 is 0 Å². The fourth-order valence-corrected chi connectivity index (χ4v) is 3.37. The molecule has 1 aliphatic heterocycles. The molecule has 0 atom stereocenters. The number of carbonyl (C=O) groups is 1. The zero-order chi connectivity index (χ0) is 17.4. The lowest BCUT2D eigenvalue weighted by molar-refractivity contribution is -0.118. The van der Waals surface area contributed by atoms with Gasteiger partial charge in [-0.25, -0.2) is 0 Å². The van der Waals surface area contributed by atoms with E-state index in [9.17, 15) is 4.79 Å². The zero-order valence-electron chi connectivity index (χ0n) is 14.3. The number of aryl methyl sites for hydroxylation is 1. The number of rotatable bonds is 3. The highest BCUT2D eigenvalue weighted by Crippen LogP contribution is 2.34. The summed E-state index contributed by atoms with van der Waals surface area (Å²) in [5.41, 5.74) is 3.88. The molecule has 0 bridgehead atoms. The first kappa shape index (κ1) is 15.6. The van der Waals surface area contributed by atoms with Crippen molar-refractivity contribution in [3.8, 4) is 11.5 Å². The predicted octanol–water partition coefficient (Wildman–Crippen LogP) is 3.45. The van der Waals surface area contributed by atoms with Crippen LogP contribution in [-0.4, -0.2) is 31.2 Å². The molecule has 5 nitrogen and oxygen atoms in total. The van der Waals surface area contributed by atoms with Crippen molar-refractivity contribution < 1.29 is 14.3 Å². The Hall–Kier alpha value is -2.95. The second-order valence-corrected chi connectivity index (χ2v) is 6.24. The molecule has 1 N–H and O–H groups in total. The number of hydrogen-bond acceptors (Lipinski definition) is 3. The van der Waals surface area contributed by atoms with Gasteiger partial charge in [0.15, 0.2) is 0 Å². The summed E-state index contributed by atoms with van der Waals surface area (Å²) >= 11 is 0. The van der Waals surface area contributed by atoms with E-state index >= 15 is 0 Å². The molecule has 0 spiro atoms. The van der Waals surface area contributed by atoms with Gasteiger partial charge < -0.3 is 19.4 Å². The van der Waals surface area contributed by atoms with Crippen molar-refractivity contribution >= 4 is 22.5 Å². The van der Waals surface area contributed by atoms with E-state index in [2.05, 4.69) is 4.98 Å². The molecule has 2 aromatic carbocycles. The fraction of sp³-hybridized carbons (Fsp3) is 0.250. The van der Waals surface area contributed by atoms with Crippen molar-refractivity contribution in [1.82, 2.24) is 4.98 Å². The van der Waals surface area contributed by atoms with Crippen LogP contribution in [0.1, 0.15) is 11.1 Å². The third-order valence-electron chi connectivity index (χ3n) is 4.59. The van der Waals surface area contributed by atoms with Crippen molar-refractivity contribution in [2.75, 3.05) is 25.2 Å². The van der Waals surface area contributed by atoms with Gasteiger partial charge in [0, 0.05) is 17.1 Å². The number of ether oxygens (including phenoxy) is 2. The van der Waals surface area contributed by atoms with Crippen LogP contribution in [0.2, 0.25) is 0 Å². The summed E-state index contributed by atoms with van der Waals surface area (Å²) in [6, 6.07) is 11.8. The molecule has 2 heterocycles. The van der Waals surface area contributed by atoms with Crippen LogP contribution in [0.3, 0.4) is 0 Å². The third kappa shape index (κ3) is 2.71. The minimum absolute atomic E-state index is 0.0557. The third-order valence-corrected chi connectivity index (χ3v) is 4.59. The normalized spacial score (nSPS) is 13.4. The highest BCUT2D eigenvalue weighted by atomic mass is 16.5. The molecular weight excluding hydrogens is 316 g/mol. The van der Waals surface area contributed by atoms with Crippen LogP contribution in [0, 0.1) is 6.92 Å². The van der Waals surface area contributed by atoms with Crippen LogP contribution in [0.5, 0.6) is 11.5 Å². The van der Waals surface area contributed by atoms with E-state index in [0.717, 1.165) is 39.2 Å². The molecule has 25 heavy (non-hydrogen) atoms.